The van der Waals surface area contributed by atoms with Crippen LogP contribution < -0.4 is 21.3 Å². The maximum absolute atomic E-state index is 15.5. The van der Waals surface area contributed by atoms with Crippen molar-refractivity contribution in [3.8, 4) is 0 Å². The molecule has 5 N–H and O–H groups in total. The number of carbonyl (C=O) groups is 12. The second-order valence-corrected chi connectivity index (χ2v) is 27.9. The fraction of sp³-hybridized carbons (Fsp3) is 0.662. The number of likely N-dealkylation sites (N-methyl/N-ethyl adjacent to an activating group) is 7. The van der Waals surface area contributed by atoms with Gasteiger partial charge in [-0.1, -0.05) is 122 Å². The van der Waals surface area contributed by atoms with Crippen LogP contribution in [0, 0.1) is 23.7 Å². The summed E-state index contributed by atoms with van der Waals surface area (Å²) in [5, 5.41) is 22.3. The first kappa shape index (κ1) is 80.5. The first-order chi connectivity index (χ1) is 45.0. The monoisotopic (exact) mass is 1340 g/mol. The normalized spacial score (nSPS) is 26.7. The van der Waals surface area contributed by atoms with Gasteiger partial charge in [-0.15, -0.1) is 0 Å². The van der Waals surface area contributed by atoms with Crippen LogP contribution in [0.2, 0.25) is 0 Å². The average molecular weight is 1340 g/mol. The number of aliphatic hydroxyl groups excluding tert-OH is 1. The lowest BCUT2D eigenvalue weighted by Crippen LogP contribution is -2.63. The molecule has 2 aromatic rings. The zero-order valence-electron chi connectivity index (χ0n) is 60.4. The topological polar surface area (TPSA) is 299 Å². The van der Waals surface area contributed by atoms with Gasteiger partial charge in [0.1, 0.15) is 66.5 Å². The number of hydrogen-bond donors (Lipinski definition) is 5. The SMILES string of the molecule is CC[C@H](C)[C@H]1C(=O)N(C)[C@@H](CC(C)C)C(=O)N(C)[C@@H](Cc2ccccc2)C(=O)N[C@@H]([C@@H](C)O)C(=O)N(C)[C@@H](Cc2ccccc2)C(=O)N(C)[C@@H](CC(C)C)C(=O)N(C)[C@@H](C)C(=O)N[C@H](C(=O)N2CCCCC2)CC(=O)N[C@H](C)C(=O)N[C@@H](C)C(=O)N(C)[C@@H](CC(C)C)C(=O)N1C. The summed E-state index contributed by atoms with van der Waals surface area (Å²) in [5.74, 6) is -9.66. The maximum atomic E-state index is 15.5. The Hall–Kier alpha value is -7.96. The van der Waals surface area contributed by atoms with E-state index in [4.69, 9.17) is 0 Å². The second-order valence-electron chi connectivity index (χ2n) is 27.9. The van der Waals surface area contributed by atoms with Crippen LogP contribution in [0.3, 0.4) is 0 Å². The lowest BCUT2D eigenvalue weighted by atomic mass is 9.93. The highest BCUT2D eigenvalue weighted by Gasteiger charge is 2.46. The molecule has 0 radical (unpaired) electrons. The fourth-order valence-corrected chi connectivity index (χ4v) is 12.5. The summed E-state index contributed by atoms with van der Waals surface area (Å²) in [6.45, 7) is 21.1. The van der Waals surface area contributed by atoms with Crippen molar-refractivity contribution >= 4 is 70.9 Å². The Kier molecular flexibility index (Phi) is 31.0. The molecule has 2 aromatic carbocycles. The van der Waals surface area contributed by atoms with Crippen LogP contribution in [0.1, 0.15) is 146 Å². The molecule has 534 valence electrons. The van der Waals surface area contributed by atoms with Gasteiger partial charge in [0, 0.05) is 75.3 Å². The average Bonchev–Trinajstić information content (AvgIpc) is 0.811. The standard InChI is InChI=1S/C71H112N12O13/c1-20-45(8)60-71(96)81(18)55(37-43(4)5)67(92)77(14)53(39-50-30-24-21-25-31-50)63(88)75-59(49(12)84)70(95)80(17)57(40-51-32-26-22-27-33-51)68(93)79(16)54(36-42(2)3)66(91)76(13)48(11)62(87)74-52(65(90)83-34-28-23-29-35-83)41-58(85)72-46(9)61(86)73-47(10)64(89)78(15)56(38-44(6)7)69(94)82(60)19/h21-22,24-27,30-33,42-49,52-57,59-60,84H,20,23,28-29,34-41H2,1-19H3,(H,72,85)(H,73,86)(H,74,87)(H,75,88)/t45-,46+,47-,48-,49+,52-,53-,54-,55-,56-,57-,59-,60-/m0/s1. The Bertz CT molecular complexity index is 3000. The van der Waals surface area contributed by atoms with E-state index < -0.39 is 156 Å². The van der Waals surface area contributed by atoms with Crippen LogP contribution in [-0.2, 0) is 70.4 Å². The van der Waals surface area contributed by atoms with Crippen LogP contribution in [0.5, 0.6) is 0 Å². The van der Waals surface area contributed by atoms with Crippen molar-refractivity contribution in [3.05, 3.63) is 71.8 Å². The zero-order chi connectivity index (χ0) is 72.3. The van der Waals surface area contributed by atoms with Gasteiger partial charge >= 0.3 is 0 Å². The van der Waals surface area contributed by atoms with Crippen molar-refractivity contribution in [2.75, 3.05) is 62.4 Å². The van der Waals surface area contributed by atoms with Gasteiger partial charge in [0.05, 0.1) is 12.5 Å². The number of nitrogens with one attached hydrogen (secondary N) is 4. The predicted octanol–water partition coefficient (Wildman–Crippen LogP) is 3.24. The Morgan fingerprint density at radius 1 is 0.458 bits per heavy atom. The summed E-state index contributed by atoms with van der Waals surface area (Å²) in [6.07, 6.45) is 0.553. The molecule has 0 bridgehead atoms. The summed E-state index contributed by atoms with van der Waals surface area (Å²) in [7, 11) is 9.94. The number of likely N-dealkylation sites (tertiary alicyclic amines) is 1. The number of amides is 12. The van der Waals surface area contributed by atoms with Crippen LogP contribution in [-0.4, -0.2) is 250 Å². The third-order valence-corrected chi connectivity index (χ3v) is 18.9. The number of benzene rings is 2. The first-order valence-electron chi connectivity index (χ1n) is 34.1. The Balaban J connectivity index is 1.96. The summed E-state index contributed by atoms with van der Waals surface area (Å²) in [5.41, 5.74) is 1.24. The summed E-state index contributed by atoms with van der Waals surface area (Å²) < 4.78 is 0. The molecule has 4 rings (SSSR count). The van der Waals surface area contributed by atoms with Gasteiger partial charge in [0.2, 0.25) is 70.9 Å². The van der Waals surface area contributed by atoms with Crippen LogP contribution in [0.25, 0.3) is 0 Å². The molecule has 0 spiro atoms. The maximum Gasteiger partial charge on any atom is 0.248 e. The lowest BCUT2D eigenvalue weighted by molar-refractivity contribution is -0.156. The van der Waals surface area contributed by atoms with E-state index in [1.54, 1.807) is 72.5 Å². The molecule has 96 heavy (non-hydrogen) atoms. The van der Waals surface area contributed by atoms with Crippen LogP contribution in [0.4, 0.5) is 0 Å². The van der Waals surface area contributed by atoms with E-state index in [0.29, 0.717) is 43.5 Å². The molecule has 0 aromatic heterocycles. The molecule has 2 heterocycles. The number of hydrogen-bond acceptors (Lipinski definition) is 13. The second kappa shape index (κ2) is 37.0. The third kappa shape index (κ3) is 21.5. The molecule has 2 fully saturated rings. The highest BCUT2D eigenvalue weighted by Crippen LogP contribution is 2.26. The smallest absolute Gasteiger partial charge is 0.248 e. The largest absolute Gasteiger partial charge is 0.391 e. The van der Waals surface area contributed by atoms with E-state index in [9.17, 15) is 29.1 Å². The van der Waals surface area contributed by atoms with Gasteiger partial charge in [0.15, 0.2) is 0 Å². The van der Waals surface area contributed by atoms with Gasteiger partial charge in [-0.3, -0.25) is 57.5 Å². The molecule has 0 saturated carbocycles. The number of carbonyl (C=O) groups excluding carboxylic acids is 12. The zero-order valence-corrected chi connectivity index (χ0v) is 60.4. The van der Waals surface area contributed by atoms with Crippen LogP contribution >= 0.6 is 0 Å². The molecule has 2 saturated heterocycles. The molecule has 25 heteroatoms. The molecular formula is C71H112N12O13. The highest BCUT2D eigenvalue weighted by atomic mass is 16.3. The van der Waals surface area contributed by atoms with E-state index in [-0.39, 0.29) is 49.9 Å². The Morgan fingerprint density at radius 3 is 1.34 bits per heavy atom. The first-order valence-corrected chi connectivity index (χ1v) is 34.1. The Morgan fingerprint density at radius 2 is 0.875 bits per heavy atom. The van der Waals surface area contributed by atoms with E-state index in [2.05, 4.69) is 21.3 Å². The molecule has 13 atom stereocenters. The van der Waals surface area contributed by atoms with Crippen molar-refractivity contribution in [1.82, 2.24) is 60.5 Å². The number of rotatable bonds is 14. The van der Waals surface area contributed by atoms with Crippen molar-refractivity contribution in [3.63, 3.8) is 0 Å². The molecule has 12 amide bonds. The summed E-state index contributed by atoms with van der Waals surface area (Å²) in [6, 6.07) is 3.02. The Labute approximate surface area is 569 Å². The minimum Gasteiger partial charge on any atom is -0.391 e. The fourth-order valence-electron chi connectivity index (χ4n) is 12.5. The van der Waals surface area contributed by atoms with E-state index >= 15 is 33.6 Å². The van der Waals surface area contributed by atoms with Crippen molar-refractivity contribution in [1.29, 1.82) is 0 Å². The highest BCUT2D eigenvalue weighted by molar-refractivity contribution is 6.00. The molecule has 0 unspecified atom stereocenters. The van der Waals surface area contributed by atoms with Gasteiger partial charge in [-0.2, -0.15) is 0 Å². The van der Waals surface area contributed by atoms with Gasteiger partial charge < -0.3 is 65.6 Å². The summed E-state index contributed by atoms with van der Waals surface area (Å²) in [4.78, 5) is 188. The quantitative estimate of drug-likeness (QED) is 0.182. The van der Waals surface area contributed by atoms with E-state index in [0.717, 1.165) is 16.2 Å². The number of nitrogens with zero attached hydrogens (tertiary/aromatic N) is 8. The molecule has 25 nitrogen and oxygen atoms in total. The van der Waals surface area contributed by atoms with Gasteiger partial charge in [0.25, 0.3) is 0 Å². The predicted molar refractivity (Wildman–Crippen MR) is 365 cm³/mol. The minimum absolute atomic E-state index is 0.0817. The molecule has 2 aliphatic heterocycles. The molecular weight excluding hydrogens is 1230 g/mol. The van der Waals surface area contributed by atoms with E-state index in [1.807, 2.05) is 48.5 Å². The van der Waals surface area contributed by atoms with E-state index in [1.165, 1.54) is 102 Å². The van der Waals surface area contributed by atoms with Crippen LogP contribution in [0.15, 0.2) is 60.7 Å². The summed E-state index contributed by atoms with van der Waals surface area (Å²) >= 11 is 0. The van der Waals surface area contributed by atoms with Gasteiger partial charge in [-0.05, 0) is 101 Å². The number of piperidine rings is 1. The molecule has 2 aliphatic rings. The molecule has 0 aliphatic carbocycles. The third-order valence-electron chi connectivity index (χ3n) is 18.9. The number of aliphatic hydroxyl groups is 1. The van der Waals surface area contributed by atoms with Crippen molar-refractivity contribution in [2.24, 2.45) is 23.7 Å². The van der Waals surface area contributed by atoms with Crippen molar-refractivity contribution < 1.29 is 62.6 Å². The minimum atomic E-state index is -1.72. The lowest BCUT2D eigenvalue weighted by Gasteiger charge is -2.41. The van der Waals surface area contributed by atoms with Gasteiger partial charge in [-0.25, -0.2) is 0 Å². The van der Waals surface area contributed by atoms with Crippen molar-refractivity contribution in [2.45, 2.75) is 220 Å².